The number of carbonyl (C=O) groups is 2. The van der Waals surface area contributed by atoms with Crippen LogP contribution in [0.15, 0.2) is 42.5 Å². The first kappa shape index (κ1) is 29.4. The van der Waals surface area contributed by atoms with E-state index in [1.54, 1.807) is 31.2 Å². The maximum Gasteiger partial charge on any atom is 0.244 e. The summed E-state index contributed by atoms with van der Waals surface area (Å²) in [6.45, 7) is 6.69. The zero-order chi connectivity index (χ0) is 27.3. The summed E-state index contributed by atoms with van der Waals surface area (Å²) in [5, 5.41) is 2.61. The summed E-state index contributed by atoms with van der Waals surface area (Å²) in [6, 6.07) is 9.56. The van der Waals surface area contributed by atoms with Gasteiger partial charge in [0.1, 0.15) is 24.2 Å². The molecule has 0 fully saturated rings. The third-order valence-electron chi connectivity index (χ3n) is 5.24. The number of amides is 2. The lowest BCUT2D eigenvalue weighted by atomic mass is 10.1. The fraction of sp³-hybridized carbons (Fsp3) is 0.440. The Morgan fingerprint density at radius 3 is 2.36 bits per heavy atom. The molecular formula is C25H33ClFN3O5S. The van der Waals surface area contributed by atoms with Crippen molar-refractivity contribution in [3.63, 3.8) is 0 Å². The van der Waals surface area contributed by atoms with Gasteiger partial charge in [-0.15, -0.1) is 0 Å². The van der Waals surface area contributed by atoms with E-state index in [9.17, 15) is 22.4 Å². The van der Waals surface area contributed by atoms with Crippen molar-refractivity contribution < 1.29 is 27.1 Å². The number of ether oxygens (including phenoxy) is 1. The quantitative estimate of drug-likeness (QED) is 0.491. The highest BCUT2D eigenvalue weighted by Gasteiger charge is 2.33. The zero-order valence-electron chi connectivity index (χ0n) is 21.3. The van der Waals surface area contributed by atoms with Crippen LogP contribution < -0.4 is 14.4 Å². The first-order valence-corrected chi connectivity index (χ1v) is 13.6. The van der Waals surface area contributed by atoms with Gasteiger partial charge in [-0.25, -0.2) is 12.8 Å². The van der Waals surface area contributed by atoms with Crippen molar-refractivity contribution in [2.45, 2.75) is 52.2 Å². The lowest BCUT2D eigenvalue weighted by Gasteiger charge is -2.34. The highest BCUT2D eigenvalue weighted by molar-refractivity contribution is 7.92. The second kappa shape index (κ2) is 11.9. The van der Waals surface area contributed by atoms with Crippen molar-refractivity contribution >= 4 is 39.1 Å². The van der Waals surface area contributed by atoms with Crippen LogP contribution in [-0.4, -0.2) is 56.6 Å². The molecule has 0 aliphatic carbocycles. The number of carbonyl (C=O) groups excluding carboxylic acids is 2. The summed E-state index contributed by atoms with van der Waals surface area (Å²) >= 11 is 5.86. The summed E-state index contributed by atoms with van der Waals surface area (Å²) in [6.07, 6.45) is 1.23. The number of methoxy groups -OCH3 is 1. The lowest BCUT2D eigenvalue weighted by molar-refractivity contribution is -0.141. The van der Waals surface area contributed by atoms with E-state index in [4.69, 9.17) is 16.3 Å². The van der Waals surface area contributed by atoms with Gasteiger partial charge in [-0.2, -0.15) is 0 Å². The Kier molecular flexibility index (Phi) is 9.73. The van der Waals surface area contributed by atoms with Crippen LogP contribution in [-0.2, 0) is 26.2 Å². The van der Waals surface area contributed by atoms with Gasteiger partial charge in [-0.1, -0.05) is 30.7 Å². The van der Waals surface area contributed by atoms with E-state index in [0.717, 1.165) is 22.7 Å². The van der Waals surface area contributed by atoms with E-state index in [0.29, 0.717) is 17.7 Å². The van der Waals surface area contributed by atoms with Crippen molar-refractivity contribution in [1.29, 1.82) is 0 Å². The van der Waals surface area contributed by atoms with Crippen LogP contribution in [0.3, 0.4) is 0 Å². The third kappa shape index (κ3) is 8.09. The van der Waals surface area contributed by atoms with Gasteiger partial charge in [0.2, 0.25) is 21.8 Å². The molecule has 0 saturated heterocycles. The van der Waals surface area contributed by atoms with Gasteiger partial charge in [0.25, 0.3) is 0 Å². The number of benzene rings is 2. The fourth-order valence-electron chi connectivity index (χ4n) is 3.59. The standard InChI is InChI=1S/C25H33ClFN3O5S/c1-7-22(24(32)28-25(2,3)4)29(15-17-9-8-10-19(13-17)35-5)23(31)16-30(36(6,33)34)18-11-12-21(27)20(26)14-18/h8-14,22H,7,15-16H2,1-6H3,(H,28,32). The molecule has 36 heavy (non-hydrogen) atoms. The highest BCUT2D eigenvalue weighted by Crippen LogP contribution is 2.25. The molecule has 11 heteroatoms. The topological polar surface area (TPSA) is 96.0 Å². The molecule has 0 aliphatic heterocycles. The number of hydrogen-bond donors (Lipinski definition) is 1. The van der Waals surface area contributed by atoms with E-state index >= 15 is 0 Å². The van der Waals surface area contributed by atoms with Gasteiger partial charge < -0.3 is 15.0 Å². The van der Waals surface area contributed by atoms with Gasteiger partial charge in [0.15, 0.2) is 0 Å². The van der Waals surface area contributed by atoms with E-state index in [-0.39, 0.29) is 23.2 Å². The second-order valence-corrected chi connectivity index (χ2v) is 11.7. The minimum atomic E-state index is -3.96. The van der Waals surface area contributed by atoms with Crippen molar-refractivity contribution in [3.8, 4) is 5.75 Å². The van der Waals surface area contributed by atoms with Crippen molar-refractivity contribution in [3.05, 3.63) is 58.9 Å². The molecule has 2 aromatic rings. The molecule has 0 radical (unpaired) electrons. The Labute approximate surface area is 217 Å². The highest BCUT2D eigenvalue weighted by atomic mass is 35.5. The molecular weight excluding hydrogens is 509 g/mol. The predicted molar refractivity (Wildman–Crippen MR) is 139 cm³/mol. The molecule has 0 bridgehead atoms. The number of hydrogen-bond acceptors (Lipinski definition) is 5. The average Bonchev–Trinajstić information content (AvgIpc) is 2.77. The minimum absolute atomic E-state index is 0.0331. The second-order valence-electron chi connectivity index (χ2n) is 9.40. The number of nitrogens with zero attached hydrogens (tertiary/aromatic N) is 2. The first-order valence-electron chi connectivity index (χ1n) is 11.3. The maximum atomic E-state index is 13.7. The SMILES string of the molecule is CCC(C(=O)NC(C)(C)C)N(Cc1cccc(OC)c1)C(=O)CN(c1ccc(F)c(Cl)c1)S(C)(=O)=O. The van der Waals surface area contributed by atoms with Gasteiger partial charge >= 0.3 is 0 Å². The number of halogens is 2. The number of nitrogens with one attached hydrogen (secondary N) is 1. The summed E-state index contributed by atoms with van der Waals surface area (Å²) in [5.41, 5.74) is 0.185. The van der Waals surface area contributed by atoms with E-state index in [2.05, 4.69) is 5.32 Å². The minimum Gasteiger partial charge on any atom is -0.497 e. The smallest absolute Gasteiger partial charge is 0.244 e. The molecule has 1 atom stereocenters. The molecule has 2 rings (SSSR count). The van der Waals surface area contributed by atoms with Crippen molar-refractivity contribution in [1.82, 2.24) is 10.2 Å². The fourth-order valence-corrected chi connectivity index (χ4v) is 4.61. The molecule has 8 nitrogen and oxygen atoms in total. The molecule has 1 unspecified atom stereocenters. The normalized spacial score (nSPS) is 12.6. The van der Waals surface area contributed by atoms with Gasteiger partial charge in [-0.05, 0) is 63.1 Å². The summed E-state index contributed by atoms with van der Waals surface area (Å²) in [4.78, 5) is 28.2. The van der Waals surface area contributed by atoms with Gasteiger partial charge in [0, 0.05) is 12.1 Å². The van der Waals surface area contributed by atoms with Crippen LogP contribution in [0.2, 0.25) is 5.02 Å². The summed E-state index contributed by atoms with van der Waals surface area (Å²) < 4.78 is 45.0. The summed E-state index contributed by atoms with van der Waals surface area (Å²) in [7, 11) is -2.44. The number of anilines is 1. The Hall–Kier alpha value is -2.85. The predicted octanol–water partition coefficient (Wildman–Crippen LogP) is 3.98. The molecule has 1 N–H and O–H groups in total. The molecule has 0 aromatic heterocycles. The molecule has 198 valence electrons. The van der Waals surface area contributed by atoms with Crippen molar-refractivity contribution in [2.75, 3.05) is 24.2 Å². The van der Waals surface area contributed by atoms with Crippen LogP contribution in [0.4, 0.5) is 10.1 Å². The molecule has 0 saturated carbocycles. The third-order valence-corrected chi connectivity index (χ3v) is 6.67. The van der Waals surface area contributed by atoms with Crippen molar-refractivity contribution in [2.24, 2.45) is 0 Å². The Morgan fingerprint density at radius 2 is 1.83 bits per heavy atom. The first-order chi connectivity index (χ1) is 16.7. The van der Waals surface area contributed by atoms with Crippen LogP contribution in [0, 0.1) is 5.82 Å². The maximum absolute atomic E-state index is 13.7. The van der Waals surface area contributed by atoms with E-state index in [1.165, 1.54) is 18.1 Å². The molecule has 2 amide bonds. The average molecular weight is 542 g/mol. The summed E-state index contributed by atoms with van der Waals surface area (Å²) in [5.74, 6) is -1.12. The van der Waals surface area contributed by atoms with Crippen LogP contribution in [0.5, 0.6) is 5.75 Å². The molecule has 0 spiro atoms. The number of rotatable bonds is 10. The monoisotopic (exact) mass is 541 g/mol. The largest absolute Gasteiger partial charge is 0.497 e. The van der Waals surface area contributed by atoms with Crippen LogP contribution >= 0.6 is 11.6 Å². The van der Waals surface area contributed by atoms with Crippen LogP contribution in [0.1, 0.15) is 39.7 Å². The molecule has 0 aliphatic rings. The molecule has 2 aromatic carbocycles. The Balaban J connectivity index is 2.49. The zero-order valence-corrected chi connectivity index (χ0v) is 22.9. The van der Waals surface area contributed by atoms with Gasteiger partial charge in [-0.3, -0.25) is 13.9 Å². The lowest BCUT2D eigenvalue weighted by Crippen LogP contribution is -2.55. The van der Waals surface area contributed by atoms with Crippen LogP contribution in [0.25, 0.3) is 0 Å². The van der Waals surface area contributed by atoms with Gasteiger partial charge in [0.05, 0.1) is 24.1 Å². The Morgan fingerprint density at radius 1 is 1.17 bits per heavy atom. The Bertz CT molecular complexity index is 1200. The van der Waals surface area contributed by atoms with E-state index < -0.39 is 39.9 Å². The number of sulfonamides is 1. The molecule has 0 heterocycles. The van der Waals surface area contributed by atoms with E-state index in [1.807, 2.05) is 20.8 Å².